The van der Waals surface area contributed by atoms with Gasteiger partial charge in [-0.25, -0.2) is 0 Å². The van der Waals surface area contributed by atoms with Gasteiger partial charge in [0.25, 0.3) is 0 Å². The summed E-state index contributed by atoms with van der Waals surface area (Å²) < 4.78 is 7.40. The Morgan fingerprint density at radius 1 is 1.00 bits per heavy atom. The lowest BCUT2D eigenvalue weighted by molar-refractivity contribution is -0.122. The Labute approximate surface area is 252 Å². The average Bonchev–Trinajstić information content (AvgIpc) is 3.32. The first-order chi connectivity index (χ1) is 20.7. The molecule has 12 heteroatoms. The number of hydrogen-bond acceptors (Lipinski definition) is 8. The number of halogens is 1. The number of phenols is 2. The molecular formula is C31H29ClN6O5. The van der Waals surface area contributed by atoms with Crippen LogP contribution in [-0.4, -0.2) is 62.7 Å². The van der Waals surface area contributed by atoms with E-state index < -0.39 is 6.04 Å². The maximum absolute atomic E-state index is 13.1. The second-order valence-corrected chi connectivity index (χ2v) is 10.2. The molecule has 11 nitrogen and oxygen atoms in total. The summed E-state index contributed by atoms with van der Waals surface area (Å²) in [5.74, 6) is 0.666. The Morgan fingerprint density at radius 2 is 1.77 bits per heavy atom. The van der Waals surface area contributed by atoms with Crippen LogP contribution in [0.3, 0.4) is 0 Å². The van der Waals surface area contributed by atoms with Crippen LogP contribution in [0.15, 0.2) is 71.7 Å². The molecule has 1 aromatic heterocycles. The van der Waals surface area contributed by atoms with E-state index in [1.54, 1.807) is 25.3 Å². The minimum Gasteiger partial charge on any atom is -0.504 e. The summed E-state index contributed by atoms with van der Waals surface area (Å²) in [5, 5.41) is 33.8. The number of rotatable bonds is 9. The zero-order valence-electron chi connectivity index (χ0n) is 23.4. The van der Waals surface area contributed by atoms with E-state index in [-0.39, 0.29) is 42.8 Å². The van der Waals surface area contributed by atoms with Gasteiger partial charge in [0.2, 0.25) is 11.8 Å². The van der Waals surface area contributed by atoms with E-state index in [4.69, 9.17) is 21.3 Å². The van der Waals surface area contributed by atoms with Crippen LogP contribution in [0.2, 0.25) is 5.02 Å². The summed E-state index contributed by atoms with van der Waals surface area (Å²) in [4.78, 5) is 30.3. The topological polar surface area (TPSA) is 151 Å². The van der Waals surface area contributed by atoms with E-state index in [1.165, 1.54) is 24.3 Å². The molecule has 4 aromatic rings. The number of nitrogens with zero attached hydrogens (tertiary/aromatic N) is 4. The third-order valence-corrected chi connectivity index (χ3v) is 7.05. The van der Waals surface area contributed by atoms with Crippen LogP contribution in [0, 0.1) is 6.92 Å². The maximum atomic E-state index is 13.1. The maximum Gasteiger partial charge on any atom is 0.244 e. The largest absolute Gasteiger partial charge is 0.504 e. The second kappa shape index (κ2) is 12.8. The number of fused-ring (bicyclic) bond motifs is 3. The van der Waals surface area contributed by atoms with Crippen molar-refractivity contribution in [1.82, 2.24) is 25.4 Å². The predicted molar refractivity (Wildman–Crippen MR) is 162 cm³/mol. The van der Waals surface area contributed by atoms with Crippen molar-refractivity contribution in [2.45, 2.75) is 19.4 Å². The molecule has 4 N–H and O–H groups in total. The van der Waals surface area contributed by atoms with E-state index in [0.29, 0.717) is 33.7 Å². The lowest BCUT2D eigenvalue weighted by Crippen LogP contribution is -2.34. The summed E-state index contributed by atoms with van der Waals surface area (Å²) in [6, 6.07) is 16.6. The van der Waals surface area contributed by atoms with Crippen LogP contribution in [0.25, 0.3) is 11.8 Å². The summed E-state index contributed by atoms with van der Waals surface area (Å²) >= 11 is 6.16. The molecule has 0 fully saturated rings. The van der Waals surface area contributed by atoms with Crippen LogP contribution in [0.1, 0.15) is 40.8 Å². The molecule has 220 valence electrons. The Bertz CT molecular complexity index is 1730. The molecule has 0 bridgehead atoms. The summed E-state index contributed by atoms with van der Waals surface area (Å²) in [7, 11) is 1.60. The number of benzene rings is 3. The first-order valence-electron chi connectivity index (χ1n) is 13.4. The van der Waals surface area contributed by atoms with Crippen LogP contribution in [0.4, 0.5) is 0 Å². The highest BCUT2D eigenvalue weighted by Crippen LogP contribution is 2.34. The van der Waals surface area contributed by atoms with E-state index >= 15 is 0 Å². The number of carbonyl (C=O) groups excluding carboxylic acids is 2. The van der Waals surface area contributed by atoms with Crippen LogP contribution in [0.5, 0.6) is 17.2 Å². The van der Waals surface area contributed by atoms with Crippen molar-refractivity contribution in [3.8, 4) is 22.9 Å². The number of amides is 2. The molecule has 0 saturated carbocycles. The highest BCUT2D eigenvalue weighted by molar-refractivity contribution is 6.30. The van der Waals surface area contributed by atoms with Crippen molar-refractivity contribution in [1.29, 1.82) is 0 Å². The Hall–Kier alpha value is -5.16. The number of aliphatic imine (C=N–C) groups is 1. The van der Waals surface area contributed by atoms with Gasteiger partial charge < -0.3 is 25.6 Å². The number of methoxy groups -OCH3 is 1. The molecule has 2 amide bonds. The average molecular weight is 601 g/mol. The lowest BCUT2D eigenvalue weighted by Gasteiger charge is -2.14. The number of aromatic nitrogens is 3. The van der Waals surface area contributed by atoms with Gasteiger partial charge in [0, 0.05) is 35.3 Å². The second-order valence-electron chi connectivity index (χ2n) is 9.75. The first-order valence-corrected chi connectivity index (χ1v) is 13.8. The molecular weight excluding hydrogens is 572 g/mol. The molecule has 3 aromatic carbocycles. The number of ether oxygens (including phenoxy) is 1. The minimum absolute atomic E-state index is 0.00145. The summed E-state index contributed by atoms with van der Waals surface area (Å²) in [6.07, 6.45) is 2.80. The molecule has 0 unspecified atom stereocenters. The molecule has 0 spiro atoms. The van der Waals surface area contributed by atoms with Crippen molar-refractivity contribution in [3.05, 3.63) is 100 Å². The normalized spacial score (nSPS) is 13.9. The van der Waals surface area contributed by atoms with Crippen molar-refractivity contribution in [2.24, 2.45) is 4.99 Å². The van der Waals surface area contributed by atoms with Crippen LogP contribution >= 0.6 is 11.6 Å². The first kappa shape index (κ1) is 29.3. The molecule has 0 saturated heterocycles. The molecule has 43 heavy (non-hydrogen) atoms. The molecule has 1 atom stereocenters. The summed E-state index contributed by atoms with van der Waals surface area (Å²) in [5.41, 5.74) is 3.64. The number of aryl methyl sites for hydroxylation is 1. The van der Waals surface area contributed by atoms with Gasteiger partial charge in [-0.2, -0.15) is 0 Å². The SMILES string of the molecule is COc1ccc2c(c1)C(c1ccc(Cl)cc1)=N[C@@H](CC(=O)NCCNC(=O)C=Cc1ccc(O)c(O)c1)c1nnc(C)n1-2. The predicted octanol–water partition coefficient (Wildman–Crippen LogP) is 3.88. The fourth-order valence-electron chi connectivity index (χ4n) is 4.69. The van der Waals surface area contributed by atoms with Gasteiger partial charge in [-0.3, -0.25) is 19.1 Å². The zero-order chi connectivity index (χ0) is 30.5. The van der Waals surface area contributed by atoms with Gasteiger partial charge in [0.1, 0.15) is 17.6 Å². The monoisotopic (exact) mass is 600 g/mol. The number of phenolic OH excluding ortho intramolecular Hbond substituents is 2. The fraction of sp³-hybridized carbons (Fsp3) is 0.194. The van der Waals surface area contributed by atoms with Crippen molar-refractivity contribution < 1.29 is 24.5 Å². The smallest absolute Gasteiger partial charge is 0.244 e. The lowest BCUT2D eigenvalue weighted by atomic mass is 10.00. The quantitative estimate of drug-likeness (QED) is 0.129. The van der Waals surface area contributed by atoms with Crippen molar-refractivity contribution >= 4 is 35.2 Å². The van der Waals surface area contributed by atoms with E-state index in [2.05, 4.69) is 20.8 Å². The minimum atomic E-state index is -0.649. The Morgan fingerprint density at radius 3 is 2.51 bits per heavy atom. The Balaban J connectivity index is 1.30. The van der Waals surface area contributed by atoms with Gasteiger partial charge in [-0.05, 0) is 61.0 Å². The van der Waals surface area contributed by atoms with Gasteiger partial charge in [-0.1, -0.05) is 29.8 Å². The van der Waals surface area contributed by atoms with E-state index in [1.807, 2.05) is 41.8 Å². The molecule has 0 radical (unpaired) electrons. The third-order valence-electron chi connectivity index (χ3n) is 6.80. The molecule has 1 aliphatic rings. The summed E-state index contributed by atoms with van der Waals surface area (Å²) in [6.45, 7) is 2.23. The Kier molecular flexibility index (Phi) is 8.72. The van der Waals surface area contributed by atoms with Gasteiger partial charge >= 0.3 is 0 Å². The molecule has 2 heterocycles. The fourth-order valence-corrected chi connectivity index (χ4v) is 4.81. The molecule has 0 aliphatic carbocycles. The van der Waals surface area contributed by atoms with Gasteiger partial charge in [0.05, 0.1) is 24.9 Å². The molecule has 1 aliphatic heterocycles. The van der Waals surface area contributed by atoms with E-state index in [9.17, 15) is 19.8 Å². The number of nitrogens with one attached hydrogen (secondary N) is 2. The van der Waals surface area contributed by atoms with Crippen LogP contribution in [-0.2, 0) is 9.59 Å². The third kappa shape index (κ3) is 6.68. The molecule has 5 rings (SSSR count). The van der Waals surface area contributed by atoms with Crippen LogP contribution < -0.4 is 15.4 Å². The van der Waals surface area contributed by atoms with Gasteiger partial charge in [0.15, 0.2) is 17.3 Å². The highest BCUT2D eigenvalue weighted by Gasteiger charge is 2.30. The van der Waals surface area contributed by atoms with Gasteiger partial charge in [-0.15, -0.1) is 10.2 Å². The number of carbonyl (C=O) groups is 2. The zero-order valence-corrected chi connectivity index (χ0v) is 24.2. The standard InChI is InChI=1S/C31H29ClN6O5/c1-18-36-37-31-24(17-29(42)34-14-13-33-28(41)12-4-19-3-11-26(39)27(40)15-19)35-30(20-5-7-21(32)8-6-20)23-16-22(43-2)9-10-25(23)38(18)31/h3-12,15-16,24,39-40H,13-14,17H2,1-2H3,(H,33,41)(H,34,42)/t24-/m0/s1. The van der Waals surface area contributed by atoms with E-state index in [0.717, 1.165) is 16.8 Å². The number of hydrogen-bond donors (Lipinski definition) is 4. The number of aromatic hydroxyl groups is 2. The highest BCUT2D eigenvalue weighted by atomic mass is 35.5. The van der Waals surface area contributed by atoms with Crippen molar-refractivity contribution in [3.63, 3.8) is 0 Å². The van der Waals surface area contributed by atoms with Crippen molar-refractivity contribution in [2.75, 3.05) is 20.2 Å².